The summed E-state index contributed by atoms with van der Waals surface area (Å²) < 4.78 is 16.5. The van der Waals surface area contributed by atoms with Gasteiger partial charge in [0.15, 0.2) is 0 Å². The van der Waals surface area contributed by atoms with Crippen molar-refractivity contribution in [3.05, 3.63) is 60.2 Å². The zero-order valence-electron chi connectivity index (χ0n) is 16.8. The van der Waals surface area contributed by atoms with Gasteiger partial charge >= 0.3 is 12.1 Å². The average Bonchev–Trinajstić information content (AvgIpc) is 2.76. The monoisotopic (exact) mass is 433 g/mol. The lowest BCUT2D eigenvalue weighted by molar-refractivity contribution is -0.141. The van der Waals surface area contributed by atoms with E-state index in [1.54, 1.807) is 24.3 Å². The Kier molecular flexibility index (Phi) is 10.0. The van der Waals surface area contributed by atoms with Gasteiger partial charge in [0.1, 0.15) is 18.5 Å². The SMILES string of the molecule is C[C@@H](CCOC(=O)CS)[C@@H](OC(=O)Nc1ccccc1)c1ccccc1OCCO. The number of aliphatic hydroxyl groups is 1. The number of hydrogen-bond donors (Lipinski definition) is 3. The summed E-state index contributed by atoms with van der Waals surface area (Å²) in [6.45, 7) is 2.07. The molecule has 0 bridgehead atoms. The fourth-order valence-electron chi connectivity index (χ4n) is 2.83. The number of carbonyl (C=O) groups excluding carboxylic acids is 2. The molecule has 2 rings (SSSR count). The predicted molar refractivity (Wildman–Crippen MR) is 117 cm³/mol. The van der Waals surface area contributed by atoms with Crippen molar-refractivity contribution in [2.75, 3.05) is 30.9 Å². The van der Waals surface area contributed by atoms with Gasteiger partial charge in [0.2, 0.25) is 0 Å². The van der Waals surface area contributed by atoms with E-state index in [1.165, 1.54) is 0 Å². The Morgan fingerprint density at radius 2 is 1.77 bits per heavy atom. The second kappa shape index (κ2) is 12.8. The van der Waals surface area contributed by atoms with Crippen LogP contribution < -0.4 is 10.1 Å². The molecule has 2 aromatic carbocycles. The van der Waals surface area contributed by atoms with Crippen LogP contribution in [0.3, 0.4) is 0 Å². The van der Waals surface area contributed by atoms with Gasteiger partial charge in [0.05, 0.1) is 19.0 Å². The second-order valence-corrected chi connectivity index (χ2v) is 6.89. The van der Waals surface area contributed by atoms with E-state index in [0.717, 1.165) is 0 Å². The molecule has 0 fully saturated rings. The Hall–Kier alpha value is -2.71. The maximum atomic E-state index is 12.5. The van der Waals surface area contributed by atoms with E-state index in [0.29, 0.717) is 23.4 Å². The summed E-state index contributed by atoms with van der Waals surface area (Å²) in [5, 5.41) is 11.8. The van der Waals surface area contributed by atoms with Crippen LogP contribution in [0.2, 0.25) is 0 Å². The molecular weight excluding hydrogens is 406 g/mol. The molecule has 0 heterocycles. The topological polar surface area (TPSA) is 94.1 Å². The minimum atomic E-state index is -0.654. The van der Waals surface area contributed by atoms with Crippen LogP contribution in [0.4, 0.5) is 10.5 Å². The first-order valence-electron chi connectivity index (χ1n) is 9.67. The van der Waals surface area contributed by atoms with Crippen molar-refractivity contribution in [1.29, 1.82) is 0 Å². The Labute approximate surface area is 181 Å². The normalized spacial score (nSPS) is 12.5. The smallest absolute Gasteiger partial charge is 0.412 e. The van der Waals surface area contributed by atoms with Gasteiger partial charge in [0, 0.05) is 17.2 Å². The molecule has 2 N–H and O–H groups in total. The Balaban J connectivity index is 2.17. The number of nitrogens with one attached hydrogen (secondary N) is 1. The van der Waals surface area contributed by atoms with Crippen molar-refractivity contribution >= 4 is 30.4 Å². The predicted octanol–water partition coefficient (Wildman–Crippen LogP) is 3.85. The summed E-state index contributed by atoms with van der Waals surface area (Å²) in [6, 6.07) is 16.2. The number of carbonyl (C=O) groups is 2. The van der Waals surface area contributed by atoms with Gasteiger partial charge in [-0.1, -0.05) is 43.3 Å². The molecule has 0 saturated carbocycles. The zero-order chi connectivity index (χ0) is 21.8. The van der Waals surface area contributed by atoms with E-state index < -0.39 is 18.2 Å². The lowest BCUT2D eigenvalue weighted by Crippen LogP contribution is -2.24. The zero-order valence-corrected chi connectivity index (χ0v) is 17.7. The molecule has 2 aromatic rings. The summed E-state index contributed by atoms with van der Waals surface area (Å²) in [5.74, 6) is -0.0658. The van der Waals surface area contributed by atoms with Crippen LogP contribution in [0.1, 0.15) is 25.0 Å². The highest BCUT2D eigenvalue weighted by molar-refractivity contribution is 7.81. The minimum Gasteiger partial charge on any atom is -0.491 e. The molecule has 0 radical (unpaired) electrons. The van der Waals surface area contributed by atoms with Crippen LogP contribution in [0.15, 0.2) is 54.6 Å². The van der Waals surface area contributed by atoms with E-state index >= 15 is 0 Å². The number of aliphatic hydroxyl groups excluding tert-OH is 1. The maximum Gasteiger partial charge on any atom is 0.412 e. The van der Waals surface area contributed by atoms with Gasteiger partial charge in [-0.2, -0.15) is 12.6 Å². The molecule has 1 amide bonds. The van der Waals surface area contributed by atoms with E-state index in [-0.39, 0.29) is 31.5 Å². The van der Waals surface area contributed by atoms with Crippen molar-refractivity contribution in [2.24, 2.45) is 5.92 Å². The van der Waals surface area contributed by atoms with Gasteiger partial charge in [-0.15, -0.1) is 0 Å². The standard InChI is InChI=1S/C22H27NO6S/c1-16(11-13-28-20(25)15-30)21(18-9-5-6-10-19(18)27-14-12-24)29-22(26)23-17-7-3-2-4-8-17/h2-10,16,21,24,30H,11-15H2,1H3,(H,23,26)/t16-,21+/m0/s1. The summed E-state index contributed by atoms with van der Waals surface area (Å²) in [5.41, 5.74) is 1.28. The minimum absolute atomic E-state index is 0.00558. The van der Waals surface area contributed by atoms with Gasteiger partial charge in [0.25, 0.3) is 0 Å². The van der Waals surface area contributed by atoms with Gasteiger partial charge in [-0.05, 0) is 24.6 Å². The molecule has 0 spiro atoms. The first-order valence-corrected chi connectivity index (χ1v) is 10.3. The molecule has 0 unspecified atom stereocenters. The summed E-state index contributed by atoms with van der Waals surface area (Å²) in [7, 11) is 0. The number of anilines is 1. The van der Waals surface area contributed by atoms with Crippen LogP contribution in [0.5, 0.6) is 5.75 Å². The second-order valence-electron chi connectivity index (χ2n) is 6.57. The number of ether oxygens (including phenoxy) is 3. The van der Waals surface area contributed by atoms with Crippen molar-refractivity contribution in [2.45, 2.75) is 19.4 Å². The number of benzene rings is 2. The molecule has 7 nitrogen and oxygen atoms in total. The van der Waals surface area contributed by atoms with E-state index in [9.17, 15) is 9.59 Å². The molecule has 0 aromatic heterocycles. The summed E-state index contributed by atoms with van der Waals surface area (Å²) in [6.07, 6.45) is -0.794. The third-order valence-electron chi connectivity index (χ3n) is 4.31. The van der Waals surface area contributed by atoms with Gasteiger partial charge in [-0.3, -0.25) is 10.1 Å². The molecule has 0 aliphatic heterocycles. The molecule has 0 aliphatic rings. The van der Waals surface area contributed by atoms with Crippen LogP contribution in [0, 0.1) is 5.92 Å². The molecule has 8 heteroatoms. The highest BCUT2D eigenvalue weighted by Gasteiger charge is 2.27. The largest absolute Gasteiger partial charge is 0.491 e. The highest BCUT2D eigenvalue weighted by Crippen LogP contribution is 2.35. The highest BCUT2D eigenvalue weighted by atomic mass is 32.1. The molecule has 30 heavy (non-hydrogen) atoms. The third-order valence-corrected chi connectivity index (χ3v) is 4.57. The lowest BCUT2D eigenvalue weighted by Gasteiger charge is -2.26. The molecule has 0 saturated heterocycles. The summed E-state index contributed by atoms with van der Waals surface area (Å²) >= 11 is 3.89. The third kappa shape index (κ3) is 7.61. The van der Waals surface area contributed by atoms with Gasteiger partial charge < -0.3 is 19.3 Å². The number of rotatable bonds is 11. The molecule has 2 atom stereocenters. The Morgan fingerprint density at radius 3 is 2.47 bits per heavy atom. The molecule has 162 valence electrons. The van der Waals surface area contributed by atoms with Crippen LogP contribution >= 0.6 is 12.6 Å². The molecular formula is C22H27NO6S. The molecule has 0 aliphatic carbocycles. The van der Waals surface area contributed by atoms with Crippen molar-refractivity contribution < 1.29 is 28.9 Å². The number of amides is 1. The first-order chi connectivity index (χ1) is 14.5. The number of esters is 1. The lowest BCUT2D eigenvalue weighted by atomic mass is 9.94. The summed E-state index contributed by atoms with van der Waals surface area (Å²) in [4.78, 5) is 23.9. The fraction of sp³-hybridized carbons (Fsp3) is 0.364. The van der Waals surface area contributed by atoms with Crippen molar-refractivity contribution in [3.8, 4) is 5.75 Å². The quantitative estimate of drug-likeness (QED) is 0.368. The van der Waals surface area contributed by atoms with Crippen LogP contribution in [-0.4, -0.2) is 42.7 Å². The number of hydrogen-bond acceptors (Lipinski definition) is 7. The van der Waals surface area contributed by atoms with Crippen molar-refractivity contribution in [3.63, 3.8) is 0 Å². The Morgan fingerprint density at radius 1 is 1.07 bits per heavy atom. The van der Waals surface area contributed by atoms with Crippen LogP contribution in [0.25, 0.3) is 0 Å². The number of para-hydroxylation sites is 2. The number of thiol groups is 1. The first kappa shape index (κ1) is 23.6. The van der Waals surface area contributed by atoms with E-state index in [1.807, 2.05) is 37.3 Å². The van der Waals surface area contributed by atoms with Gasteiger partial charge in [-0.25, -0.2) is 4.79 Å². The van der Waals surface area contributed by atoms with E-state index in [4.69, 9.17) is 19.3 Å². The van der Waals surface area contributed by atoms with E-state index in [2.05, 4.69) is 17.9 Å². The fourth-order valence-corrected chi connectivity index (χ4v) is 2.92. The van der Waals surface area contributed by atoms with Crippen LogP contribution in [-0.2, 0) is 14.3 Å². The average molecular weight is 434 g/mol. The Bertz CT molecular complexity index is 801. The maximum absolute atomic E-state index is 12.5. The van der Waals surface area contributed by atoms with Crippen molar-refractivity contribution in [1.82, 2.24) is 0 Å².